The lowest BCUT2D eigenvalue weighted by atomic mass is 10.1. The molecule has 140 valence electrons. The minimum Gasteiger partial charge on any atom is -0.508 e. The summed E-state index contributed by atoms with van der Waals surface area (Å²) in [6.07, 6.45) is 0. The largest absolute Gasteiger partial charge is 0.508 e. The fourth-order valence-corrected chi connectivity index (χ4v) is 3.36. The highest BCUT2D eigenvalue weighted by Gasteiger charge is 2.16. The molecule has 0 unspecified atom stereocenters. The van der Waals surface area contributed by atoms with Gasteiger partial charge < -0.3 is 19.0 Å². The monoisotopic (exact) mass is 367 g/mol. The maximum atomic E-state index is 12.0. The number of aryl methyl sites for hydroxylation is 1. The van der Waals surface area contributed by atoms with E-state index in [2.05, 4.69) is 11.8 Å². The van der Waals surface area contributed by atoms with Crippen LogP contribution in [0.4, 0.5) is 0 Å². The van der Waals surface area contributed by atoms with Crippen molar-refractivity contribution in [1.82, 2.24) is 4.90 Å². The van der Waals surface area contributed by atoms with Crippen LogP contribution in [0.15, 0.2) is 45.6 Å². The molecule has 4 rings (SSSR count). The van der Waals surface area contributed by atoms with Crippen molar-refractivity contribution in [3.8, 4) is 17.2 Å². The highest BCUT2D eigenvalue weighted by molar-refractivity contribution is 5.84. The topological polar surface area (TPSA) is 72.1 Å². The van der Waals surface area contributed by atoms with Gasteiger partial charge in [-0.25, -0.2) is 4.79 Å². The van der Waals surface area contributed by atoms with E-state index in [0.29, 0.717) is 24.2 Å². The zero-order chi connectivity index (χ0) is 19.0. The number of ether oxygens (including phenoxy) is 2. The van der Waals surface area contributed by atoms with E-state index in [1.54, 1.807) is 19.1 Å². The minimum absolute atomic E-state index is 0.121. The second kappa shape index (κ2) is 6.96. The number of fused-ring (bicyclic) bond motifs is 2. The van der Waals surface area contributed by atoms with Crippen LogP contribution in [0.1, 0.15) is 23.6 Å². The number of hydrogen-bond donors (Lipinski definition) is 1. The fourth-order valence-electron chi connectivity index (χ4n) is 3.36. The van der Waals surface area contributed by atoms with Gasteiger partial charge in [0.2, 0.25) is 6.79 Å². The Balaban J connectivity index is 1.64. The lowest BCUT2D eigenvalue weighted by Gasteiger charge is -2.21. The molecule has 0 aliphatic carbocycles. The summed E-state index contributed by atoms with van der Waals surface area (Å²) >= 11 is 0. The highest BCUT2D eigenvalue weighted by Crippen LogP contribution is 2.33. The van der Waals surface area contributed by atoms with E-state index in [-0.39, 0.29) is 12.5 Å². The van der Waals surface area contributed by atoms with Crippen molar-refractivity contribution < 1.29 is 19.0 Å². The second-order valence-corrected chi connectivity index (χ2v) is 6.67. The van der Waals surface area contributed by atoms with E-state index >= 15 is 0 Å². The number of rotatable bonds is 5. The van der Waals surface area contributed by atoms with Crippen LogP contribution in [0.3, 0.4) is 0 Å². The predicted octanol–water partition coefficient (Wildman–Crippen LogP) is 3.56. The van der Waals surface area contributed by atoms with E-state index < -0.39 is 5.63 Å². The molecule has 3 aromatic rings. The summed E-state index contributed by atoms with van der Waals surface area (Å²) < 4.78 is 16.1. The first-order valence-corrected chi connectivity index (χ1v) is 8.91. The average Bonchev–Trinajstić information content (AvgIpc) is 3.12. The van der Waals surface area contributed by atoms with Crippen LogP contribution in [0.5, 0.6) is 17.2 Å². The first-order chi connectivity index (χ1) is 13.0. The summed E-state index contributed by atoms with van der Waals surface area (Å²) in [6, 6.07) is 10.9. The molecule has 0 fully saturated rings. The number of hydrogen-bond acceptors (Lipinski definition) is 6. The van der Waals surface area contributed by atoms with Gasteiger partial charge in [-0.3, -0.25) is 4.90 Å². The Morgan fingerprint density at radius 3 is 2.70 bits per heavy atom. The van der Waals surface area contributed by atoms with Crippen molar-refractivity contribution >= 4 is 11.0 Å². The van der Waals surface area contributed by atoms with E-state index in [4.69, 9.17) is 13.9 Å². The van der Waals surface area contributed by atoms with Gasteiger partial charge >= 0.3 is 5.63 Å². The van der Waals surface area contributed by atoms with E-state index in [1.807, 2.05) is 18.2 Å². The predicted molar refractivity (Wildman–Crippen MR) is 101 cm³/mol. The third-order valence-electron chi connectivity index (χ3n) is 4.90. The summed E-state index contributed by atoms with van der Waals surface area (Å²) in [5, 5.41) is 10.7. The number of benzene rings is 2. The molecule has 2 heterocycles. The average molecular weight is 367 g/mol. The van der Waals surface area contributed by atoms with Gasteiger partial charge in [-0.15, -0.1) is 0 Å². The summed E-state index contributed by atoms with van der Waals surface area (Å²) in [4.78, 5) is 14.3. The summed E-state index contributed by atoms with van der Waals surface area (Å²) in [6.45, 7) is 6.21. The second-order valence-electron chi connectivity index (χ2n) is 6.67. The Morgan fingerprint density at radius 2 is 1.89 bits per heavy atom. The molecule has 27 heavy (non-hydrogen) atoms. The van der Waals surface area contributed by atoms with Gasteiger partial charge in [0.05, 0.1) is 0 Å². The Labute approximate surface area is 156 Å². The summed E-state index contributed by atoms with van der Waals surface area (Å²) in [7, 11) is 0. The van der Waals surface area contributed by atoms with Crippen LogP contribution < -0.4 is 15.1 Å². The van der Waals surface area contributed by atoms with Crippen molar-refractivity contribution in [3.05, 3.63) is 63.5 Å². The maximum absolute atomic E-state index is 12.0. The molecular weight excluding hydrogens is 346 g/mol. The van der Waals surface area contributed by atoms with Gasteiger partial charge in [0.25, 0.3) is 0 Å². The van der Waals surface area contributed by atoms with Gasteiger partial charge in [0, 0.05) is 30.1 Å². The van der Waals surface area contributed by atoms with Crippen molar-refractivity contribution in [1.29, 1.82) is 0 Å². The molecule has 1 aliphatic heterocycles. The third kappa shape index (κ3) is 3.36. The van der Waals surface area contributed by atoms with Gasteiger partial charge in [-0.1, -0.05) is 13.0 Å². The minimum atomic E-state index is -0.412. The van der Waals surface area contributed by atoms with Gasteiger partial charge in [0.1, 0.15) is 11.3 Å². The number of phenols is 1. The molecule has 0 spiro atoms. The Morgan fingerprint density at radius 1 is 1.07 bits per heavy atom. The van der Waals surface area contributed by atoms with E-state index in [0.717, 1.165) is 34.6 Å². The van der Waals surface area contributed by atoms with E-state index in [9.17, 15) is 9.90 Å². The lowest BCUT2D eigenvalue weighted by molar-refractivity contribution is 0.174. The molecule has 2 aromatic carbocycles. The third-order valence-corrected chi connectivity index (χ3v) is 4.90. The molecule has 0 atom stereocenters. The van der Waals surface area contributed by atoms with Crippen molar-refractivity contribution in [2.75, 3.05) is 13.3 Å². The lowest BCUT2D eigenvalue weighted by Crippen LogP contribution is -2.23. The molecule has 1 aromatic heterocycles. The SMILES string of the molecule is CCN(Cc1ccc2c(c1)OCO2)Cc1cc(=O)oc2c(C)c(O)ccc12. The Kier molecular flexibility index (Phi) is 4.49. The maximum Gasteiger partial charge on any atom is 0.336 e. The zero-order valence-corrected chi connectivity index (χ0v) is 15.3. The first kappa shape index (κ1) is 17.4. The molecule has 0 saturated heterocycles. The molecule has 0 bridgehead atoms. The summed E-state index contributed by atoms with van der Waals surface area (Å²) in [5.74, 6) is 1.65. The van der Waals surface area contributed by atoms with Crippen LogP contribution in [0, 0.1) is 6.92 Å². The van der Waals surface area contributed by atoms with Crippen LogP contribution in [0.25, 0.3) is 11.0 Å². The molecule has 0 amide bonds. The quantitative estimate of drug-likeness (QED) is 0.695. The van der Waals surface area contributed by atoms with Crippen molar-refractivity contribution in [2.24, 2.45) is 0 Å². The standard InChI is InChI=1S/C21H21NO5/c1-3-22(10-14-4-7-18-19(8-14)26-12-25-18)11-15-9-20(24)27-21-13(2)17(23)6-5-16(15)21/h4-9,23H,3,10-12H2,1-2H3. The van der Waals surface area contributed by atoms with Gasteiger partial charge in [0.15, 0.2) is 11.5 Å². The Bertz CT molecular complexity index is 1060. The first-order valence-electron chi connectivity index (χ1n) is 8.91. The van der Waals surface area contributed by atoms with Crippen LogP contribution >= 0.6 is 0 Å². The molecule has 6 heteroatoms. The smallest absolute Gasteiger partial charge is 0.336 e. The molecule has 1 N–H and O–H groups in total. The number of nitrogens with zero attached hydrogens (tertiary/aromatic N) is 1. The number of phenolic OH excluding ortho intramolecular Hbond substituents is 1. The van der Waals surface area contributed by atoms with Crippen molar-refractivity contribution in [2.45, 2.75) is 26.9 Å². The van der Waals surface area contributed by atoms with Crippen LogP contribution in [0.2, 0.25) is 0 Å². The molecule has 0 radical (unpaired) electrons. The molecular formula is C21H21NO5. The zero-order valence-electron chi connectivity index (χ0n) is 15.3. The molecule has 1 aliphatic rings. The van der Waals surface area contributed by atoms with Gasteiger partial charge in [-0.2, -0.15) is 0 Å². The molecule has 6 nitrogen and oxygen atoms in total. The van der Waals surface area contributed by atoms with Crippen molar-refractivity contribution in [3.63, 3.8) is 0 Å². The van der Waals surface area contributed by atoms with Crippen LogP contribution in [-0.4, -0.2) is 23.3 Å². The summed E-state index contributed by atoms with van der Waals surface area (Å²) in [5.41, 5.74) is 2.60. The Hall–Kier alpha value is -2.99. The molecule has 0 saturated carbocycles. The fraction of sp³-hybridized carbons (Fsp3) is 0.286. The number of aromatic hydroxyl groups is 1. The van der Waals surface area contributed by atoms with Crippen LogP contribution in [-0.2, 0) is 13.1 Å². The van der Waals surface area contributed by atoms with E-state index in [1.165, 1.54) is 6.07 Å². The normalized spacial score (nSPS) is 12.9. The highest BCUT2D eigenvalue weighted by atomic mass is 16.7. The van der Waals surface area contributed by atoms with Gasteiger partial charge in [-0.05, 0) is 48.9 Å².